The van der Waals surface area contributed by atoms with Gasteiger partial charge in [0.05, 0.1) is 5.56 Å². The van der Waals surface area contributed by atoms with Crippen molar-refractivity contribution in [2.45, 2.75) is 39.0 Å². The fraction of sp³-hybridized carbons (Fsp3) is 0.500. The van der Waals surface area contributed by atoms with E-state index in [0.717, 1.165) is 6.07 Å². The Balaban J connectivity index is 2.65. The van der Waals surface area contributed by atoms with Crippen molar-refractivity contribution in [2.75, 3.05) is 0 Å². The Kier molecular flexibility index (Phi) is 5.56. The second kappa shape index (κ2) is 6.74. The summed E-state index contributed by atoms with van der Waals surface area (Å²) in [5.74, 6) is -0.202. The molecule has 0 heterocycles. The van der Waals surface area contributed by atoms with Crippen molar-refractivity contribution < 1.29 is 18.0 Å². The second-order valence-electron chi connectivity index (χ2n) is 5.04. The number of rotatable bonds is 5. The van der Waals surface area contributed by atoms with Crippen molar-refractivity contribution in [1.82, 2.24) is 5.32 Å². The first-order valence-electron chi connectivity index (χ1n) is 6.39. The maximum atomic E-state index is 12.8. The predicted molar refractivity (Wildman–Crippen MR) is 70.7 cm³/mol. The maximum absolute atomic E-state index is 12.8. The molecule has 1 aromatic carbocycles. The van der Waals surface area contributed by atoms with Gasteiger partial charge in [0.25, 0.3) is 0 Å². The first-order chi connectivity index (χ1) is 9.21. The molecule has 1 atom stereocenters. The molecule has 0 aliphatic rings. The van der Waals surface area contributed by atoms with E-state index in [-0.39, 0.29) is 36.4 Å². The van der Waals surface area contributed by atoms with E-state index < -0.39 is 11.7 Å². The summed E-state index contributed by atoms with van der Waals surface area (Å²) in [5, 5.41) is 2.48. The van der Waals surface area contributed by atoms with Crippen LogP contribution in [0.5, 0.6) is 0 Å². The van der Waals surface area contributed by atoms with Gasteiger partial charge in [0.15, 0.2) is 0 Å². The Bertz CT molecular complexity index is 458. The van der Waals surface area contributed by atoms with Crippen molar-refractivity contribution in [1.29, 1.82) is 0 Å². The molecule has 0 aliphatic heterocycles. The summed E-state index contributed by atoms with van der Waals surface area (Å²) >= 11 is 0. The fourth-order valence-corrected chi connectivity index (χ4v) is 1.67. The van der Waals surface area contributed by atoms with Gasteiger partial charge >= 0.3 is 6.18 Å². The second-order valence-corrected chi connectivity index (χ2v) is 5.04. The number of nitrogens with two attached hydrogens (primary N) is 1. The summed E-state index contributed by atoms with van der Waals surface area (Å²) in [6, 6.07) is 4.89. The number of halogens is 3. The SMILES string of the molecule is CC(C)C(N)CC(=O)NCc1ccccc1C(F)(F)F. The van der Waals surface area contributed by atoms with Crippen LogP contribution in [0.1, 0.15) is 31.4 Å². The molecule has 6 heteroatoms. The zero-order valence-corrected chi connectivity index (χ0v) is 11.5. The van der Waals surface area contributed by atoms with Crippen LogP contribution < -0.4 is 11.1 Å². The van der Waals surface area contributed by atoms with Crippen molar-refractivity contribution in [2.24, 2.45) is 11.7 Å². The third kappa shape index (κ3) is 4.85. The Morgan fingerprint density at radius 1 is 1.30 bits per heavy atom. The maximum Gasteiger partial charge on any atom is 0.416 e. The van der Waals surface area contributed by atoms with Crippen LogP contribution in [0.2, 0.25) is 0 Å². The van der Waals surface area contributed by atoms with Crippen LogP contribution in [0.3, 0.4) is 0 Å². The summed E-state index contributed by atoms with van der Waals surface area (Å²) in [7, 11) is 0. The molecule has 112 valence electrons. The molecule has 1 unspecified atom stereocenters. The number of carbonyl (C=O) groups is 1. The molecule has 3 nitrogen and oxygen atoms in total. The van der Waals surface area contributed by atoms with Crippen LogP contribution in [-0.4, -0.2) is 11.9 Å². The molecule has 3 N–H and O–H groups in total. The molecule has 0 spiro atoms. The minimum Gasteiger partial charge on any atom is -0.352 e. The molecule has 1 rings (SSSR count). The lowest BCUT2D eigenvalue weighted by atomic mass is 10.0. The molecule has 1 aromatic rings. The molecule has 0 aromatic heterocycles. The summed E-state index contributed by atoms with van der Waals surface area (Å²) in [6.07, 6.45) is -4.32. The highest BCUT2D eigenvalue weighted by atomic mass is 19.4. The van der Waals surface area contributed by atoms with Gasteiger partial charge in [-0.3, -0.25) is 4.79 Å². The van der Waals surface area contributed by atoms with E-state index in [4.69, 9.17) is 5.73 Å². The van der Waals surface area contributed by atoms with E-state index in [1.54, 1.807) is 0 Å². The van der Waals surface area contributed by atoms with Gasteiger partial charge in [-0.2, -0.15) is 13.2 Å². The minimum atomic E-state index is -4.42. The average Bonchev–Trinajstić information content (AvgIpc) is 2.35. The highest BCUT2D eigenvalue weighted by molar-refractivity contribution is 5.76. The third-order valence-electron chi connectivity index (χ3n) is 3.08. The van der Waals surface area contributed by atoms with E-state index in [1.807, 2.05) is 13.8 Å². The Morgan fingerprint density at radius 3 is 2.45 bits per heavy atom. The normalized spacial score (nSPS) is 13.3. The lowest BCUT2D eigenvalue weighted by Crippen LogP contribution is -2.34. The molecular formula is C14H19F3N2O. The molecule has 0 fully saturated rings. The topological polar surface area (TPSA) is 55.1 Å². The quantitative estimate of drug-likeness (QED) is 0.875. The number of benzene rings is 1. The summed E-state index contributed by atoms with van der Waals surface area (Å²) in [5.41, 5.74) is 5.06. The first kappa shape index (κ1) is 16.5. The van der Waals surface area contributed by atoms with E-state index in [9.17, 15) is 18.0 Å². The number of hydrogen-bond acceptors (Lipinski definition) is 2. The Morgan fingerprint density at radius 2 is 1.90 bits per heavy atom. The Labute approximate surface area is 116 Å². The van der Waals surface area contributed by atoms with Crippen LogP contribution in [0.25, 0.3) is 0 Å². The number of alkyl halides is 3. The Hall–Kier alpha value is -1.56. The summed E-state index contributed by atoms with van der Waals surface area (Å²) in [6.45, 7) is 3.62. The van der Waals surface area contributed by atoms with Crippen LogP contribution in [0.4, 0.5) is 13.2 Å². The number of hydrogen-bond donors (Lipinski definition) is 2. The molecule has 0 radical (unpaired) electrons. The van der Waals surface area contributed by atoms with Crippen molar-refractivity contribution in [3.8, 4) is 0 Å². The van der Waals surface area contributed by atoms with Crippen LogP contribution in [0, 0.1) is 5.92 Å². The summed E-state index contributed by atoms with van der Waals surface area (Å²) < 4.78 is 38.3. The minimum absolute atomic E-state index is 0.0477. The molecule has 0 bridgehead atoms. The lowest BCUT2D eigenvalue weighted by Gasteiger charge is -2.16. The first-order valence-corrected chi connectivity index (χ1v) is 6.39. The third-order valence-corrected chi connectivity index (χ3v) is 3.08. The predicted octanol–water partition coefficient (Wildman–Crippen LogP) is 2.70. The molecule has 1 amide bonds. The largest absolute Gasteiger partial charge is 0.416 e. The molecular weight excluding hydrogens is 269 g/mol. The zero-order valence-electron chi connectivity index (χ0n) is 11.5. The van der Waals surface area contributed by atoms with E-state index >= 15 is 0 Å². The fourth-order valence-electron chi connectivity index (χ4n) is 1.67. The van der Waals surface area contributed by atoms with Crippen molar-refractivity contribution >= 4 is 5.91 Å². The summed E-state index contributed by atoms with van der Waals surface area (Å²) in [4.78, 5) is 11.6. The van der Waals surface area contributed by atoms with Gasteiger partial charge in [-0.25, -0.2) is 0 Å². The van der Waals surface area contributed by atoms with Gasteiger partial charge in [-0.1, -0.05) is 32.0 Å². The average molecular weight is 288 g/mol. The van der Waals surface area contributed by atoms with Gasteiger partial charge in [0.2, 0.25) is 5.91 Å². The van der Waals surface area contributed by atoms with Gasteiger partial charge in [-0.15, -0.1) is 0 Å². The van der Waals surface area contributed by atoms with Gasteiger partial charge < -0.3 is 11.1 Å². The standard InChI is InChI=1S/C14H19F3N2O/c1-9(2)12(18)7-13(20)19-8-10-5-3-4-6-11(10)14(15,16)17/h3-6,9,12H,7-8,18H2,1-2H3,(H,19,20). The van der Waals surface area contributed by atoms with Crippen molar-refractivity contribution in [3.63, 3.8) is 0 Å². The lowest BCUT2D eigenvalue weighted by molar-refractivity contribution is -0.138. The van der Waals surface area contributed by atoms with E-state index in [2.05, 4.69) is 5.32 Å². The van der Waals surface area contributed by atoms with E-state index in [1.165, 1.54) is 18.2 Å². The molecule has 20 heavy (non-hydrogen) atoms. The highest BCUT2D eigenvalue weighted by Crippen LogP contribution is 2.31. The zero-order chi connectivity index (χ0) is 15.3. The molecule has 0 aliphatic carbocycles. The van der Waals surface area contributed by atoms with Crippen LogP contribution in [-0.2, 0) is 17.5 Å². The smallest absolute Gasteiger partial charge is 0.352 e. The highest BCUT2D eigenvalue weighted by Gasteiger charge is 2.32. The number of amides is 1. The number of nitrogens with one attached hydrogen (secondary N) is 1. The van der Waals surface area contributed by atoms with Crippen LogP contribution in [0.15, 0.2) is 24.3 Å². The van der Waals surface area contributed by atoms with Gasteiger partial charge in [0.1, 0.15) is 0 Å². The van der Waals surface area contributed by atoms with Gasteiger partial charge in [-0.05, 0) is 17.5 Å². The molecule has 0 saturated heterocycles. The van der Waals surface area contributed by atoms with Crippen LogP contribution >= 0.6 is 0 Å². The van der Waals surface area contributed by atoms with Gasteiger partial charge in [0, 0.05) is 19.0 Å². The monoisotopic (exact) mass is 288 g/mol. The molecule has 0 saturated carbocycles. The van der Waals surface area contributed by atoms with Crippen molar-refractivity contribution in [3.05, 3.63) is 35.4 Å². The van der Waals surface area contributed by atoms with E-state index in [0.29, 0.717) is 0 Å². The number of carbonyl (C=O) groups excluding carboxylic acids is 1.